The normalized spacial score (nSPS) is 10.7. The highest BCUT2D eigenvalue weighted by molar-refractivity contribution is 5.42. The maximum Gasteiger partial charge on any atom is 0.169 e. The molecule has 0 spiro atoms. The molecule has 1 aromatic carbocycles. The zero-order valence-electron chi connectivity index (χ0n) is 9.24. The summed E-state index contributed by atoms with van der Waals surface area (Å²) in [6.45, 7) is 3.69. The van der Waals surface area contributed by atoms with Crippen molar-refractivity contribution in [3.05, 3.63) is 35.3 Å². The van der Waals surface area contributed by atoms with E-state index in [-0.39, 0.29) is 5.82 Å². The molecule has 0 atom stereocenters. The lowest BCUT2D eigenvalue weighted by molar-refractivity contribution is 0.617. The van der Waals surface area contributed by atoms with Crippen molar-refractivity contribution in [2.24, 2.45) is 0 Å². The summed E-state index contributed by atoms with van der Waals surface area (Å²) in [7, 11) is 0. The minimum absolute atomic E-state index is 0.227. The Hall–Kier alpha value is -1.91. The van der Waals surface area contributed by atoms with E-state index in [1.54, 1.807) is 23.7 Å². The monoisotopic (exact) mass is 220 g/mol. The fraction of sp³-hybridized carbons (Fsp3) is 0.273. The van der Waals surface area contributed by atoms with Crippen LogP contribution in [0, 0.1) is 12.7 Å². The van der Waals surface area contributed by atoms with Crippen LogP contribution in [0.25, 0.3) is 5.69 Å². The standard InChI is InChI=1S/C11H13FN4/c1-3-10-11(13)14-15-16(10)8-4-5-9(12)7(2)6-8/h4-6H,3,13H2,1-2H3. The number of halogens is 1. The van der Waals surface area contributed by atoms with E-state index in [1.807, 2.05) is 6.92 Å². The van der Waals surface area contributed by atoms with Gasteiger partial charge in [-0.3, -0.25) is 0 Å². The molecule has 0 fully saturated rings. The van der Waals surface area contributed by atoms with Crippen molar-refractivity contribution in [1.29, 1.82) is 0 Å². The number of aromatic nitrogens is 3. The maximum absolute atomic E-state index is 13.1. The summed E-state index contributed by atoms with van der Waals surface area (Å²) >= 11 is 0. The van der Waals surface area contributed by atoms with E-state index >= 15 is 0 Å². The van der Waals surface area contributed by atoms with Crippen molar-refractivity contribution in [2.75, 3.05) is 5.73 Å². The first-order valence-corrected chi connectivity index (χ1v) is 5.10. The van der Waals surface area contributed by atoms with Gasteiger partial charge in [0, 0.05) is 0 Å². The molecular formula is C11H13FN4. The van der Waals surface area contributed by atoms with Crippen LogP contribution in [-0.4, -0.2) is 15.0 Å². The van der Waals surface area contributed by atoms with Gasteiger partial charge in [-0.25, -0.2) is 9.07 Å². The molecule has 0 amide bonds. The third kappa shape index (κ3) is 1.64. The highest BCUT2D eigenvalue weighted by Gasteiger charge is 2.10. The molecule has 16 heavy (non-hydrogen) atoms. The van der Waals surface area contributed by atoms with E-state index < -0.39 is 0 Å². The summed E-state index contributed by atoms with van der Waals surface area (Å²) in [6.07, 6.45) is 0.731. The number of nitrogens with two attached hydrogens (primary N) is 1. The lowest BCUT2D eigenvalue weighted by atomic mass is 10.2. The summed E-state index contributed by atoms with van der Waals surface area (Å²) in [5.74, 6) is 0.194. The number of anilines is 1. The first-order chi connectivity index (χ1) is 7.63. The minimum Gasteiger partial charge on any atom is -0.381 e. The van der Waals surface area contributed by atoms with E-state index in [1.165, 1.54) is 6.07 Å². The number of nitrogen functional groups attached to an aromatic ring is 1. The highest BCUT2D eigenvalue weighted by Crippen LogP contribution is 2.17. The van der Waals surface area contributed by atoms with E-state index in [4.69, 9.17) is 5.73 Å². The van der Waals surface area contributed by atoms with Gasteiger partial charge < -0.3 is 5.73 Å². The number of hydrogen-bond acceptors (Lipinski definition) is 3. The zero-order chi connectivity index (χ0) is 11.7. The second-order valence-electron chi connectivity index (χ2n) is 3.62. The van der Waals surface area contributed by atoms with Gasteiger partial charge >= 0.3 is 0 Å². The van der Waals surface area contributed by atoms with Crippen LogP contribution in [0.3, 0.4) is 0 Å². The number of nitrogens with zero attached hydrogens (tertiary/aromatic N) is 3. The average Bonchev–Trinajstić information content (AvgIpc) is 2.63. The zero-order valence-corrected chi connectivity index (χ0v) is 9.24. The molecule has 0 aliphatic heterocycles. The smallest absolute Gasteiger partial charge is 0.169 e. The van der Waals surface area contributed by atoms with Gasteiger partial charge in [0.25, 0.3) is 0 Å². The van der Waals surface area contributed by atoms with Gasteiger partial charge in [-0.1, -0.05) is 12.1 Å². The summed E-state index contributed by atoms with van der Waals surface area (Å²) in [5, 5.41) is 7.76. The number of rotatable bonds is 2. The third-order valence-corrected chi connectivity index (χ3v) is 2.51. The van der Waals surface area contributed by atoms with E-state index in [0.717, 1.165) is 17.8 Å². The molecule has 5 heteroatoms. The summed E-state index contributed by atoms with van der Waals surface area (Å²) < 4.78 is 14.8. The topological polar surface area (TPSA) is 56.7 Å². The maximum atomic E-state index is 13.1. The van der Waals surface area contributed by atoms with Gasteiger partial charge in [-0.05, 0) is 37.1 Å². The quantitative estimate of drug-likeness (QED) is 0.840. The van der Waals surface area contributed by atoms with Gasteiger partial charge in [0.05, 0.1) is 11.4 Å². The van der Waals surface area contributed by atoms with Crippen molar-refractivity contribution >= 4 is 5.82 Å². The number of benzene rings is 1. The van der Waals surface area contributed by atoms with Crippen molar-refractivity contribution < 1.29 is 4.39 Å². The fourth-order valence-electron chi connectivity index (χ4n) is 1.61. The second-order valence-corrected chi connectivity index (χ2v) is 3.62. The summed E-state index contributed by atoms with van der Waals surface area (Å²) in [6, 6.07) is 4.81. The van der Waals surface area contributed by atoms with Crippen LogP contribution in [0.2, 0.25) is 0 Å². The molecule has 0 aliphatic carbocycles. The molecule has 0 radical (unpaired) electrons. The molecular weight excluding hydrogens is 207 g/mol. The summed E-state index contributed by atoms with van der Waals surface area (Å²) in [5.41, 5.74) is 7.88. The Morgan fingerprint density at radius 2 is 2.19 bits per heavy atom. The van der Waals surface area contributed by atoms with Crippen LogP contribution in [0.4, 0.5) is 10.2 Å². The van der Waals surface area contributed by atoms with Gasteiger partial charge in [-0.2, -0.15) is 0 Å². The molecule has 2 aromatic rings. The molecule has 1 aromatic heterocycles. The van der Waals surface area contributed by atoms with Gasteiger partial charge in [0.2, 0.25) is 0 Å². The predicted molar refractivity (Wildman–Crippen MR) is 59.8 cm³/mol. The number of aryl methyl sites for hydroxylation is 1. The Morgan fingerprint density at radius 1 is 1.44 bits per heavy atom. The first kappa shape index (κ1) is 10.6. The second kappa shape index (κ2) is 3.92. The van der Waals surface area contributed by atoms with Crippen LogP contribution in [0.15, 0.2) is 18.2 Å². The van der Waals surface area contributed by atoms with Crippen LogP contribution in [0.1, 0.15) is 18.2 Å². The van der Waals surface area contributed by atoms with Gasteiger partial charge in [0.15, 0.2) is 5.82 Å². The Morgan fingerprint density at radius 3 is 2.81 bits per heavy atom. The largest absolute Gasteiger partial charge is 0.381 e. The van der Waals surface area contributed by atoms with Gasteiger partial charge in [0.1, 0.15) is 5.82 Å². The Labute approximate surface area is 92.9 Å². The molecule has 0 saturated heterocycles. The number of hydrogen-bond donors (Lipinski definition) is 1. The van der Waals surface area contributed by atoms with E-state index in [0.29, 0.717) is 11.4 Å². The van der Waals surface area contributed by atoms with E-state index in [9.17, 15) is 4.39 Å². The van der Waals surface area contributed by atoms with Crippen LogP contribution in [0.5, 0.6) is 0 Å². The van der Waals surface area contributed by atoms with Crippen LogP contribution in [-0.2, 0) is 6.42 Å². The van der Waals surface area contributed by atoms with Crippen molar-refractivity contribution in [1.82, 2.24) is 15.0 Å². The lowest BCUT2D eigenvalue weighted by Crippen LogP contribution is -2.03. The Balaban J connectivity index is 2.54. The molecule has 4 nitrogen and oxygen atoms in total. The van der Waals surface area contributed by atoms with Crippen molar-refractivity contribution in [3.63, 3.8) is 0 Å². The Kier molecular flexibility index (Phi) is 2.60. The molecule has 2 rings (SSSR count). The summed E-state index contributed by atoms with van der Waals surface area (Å²) in [4.78, 5) is 0. The third-order valence-electron chi connectivity index (χ3n) is 2.51. The fourth-order valence-corrected chi connectivity index (χ4v) is 1.61. The predicted octanol–water partition coefficient (Wildman–Crippen LogP) is 1.86. The highest BCUT2D eigenvalue weighted by atomic mass is 19.1. The average molecular weight is 220 g/mol. The molecule has 0 bridgehead atoms. The molecule has 2 N–H and O–H groups in total. The minimum atomic E-state index is -0.227. The molecule has 0 saturated carbocycles. The van der Waals surface area contributed by atoms with Gasteiger partial charge in [-0.15, -0.1) is 5.10 Å². The van der Waals surface area contributed by atoms with E-state index in [2.05, 4.69) is 10.3 Å². The van der Waals surface area contributed by atoms with Crippen molar-refractivity contribution in [2.45, 2.75) is 20.3 Å². The molecule has 1 heterocycles. The lowest BCUT2D eigenvalue weighted by Gasteiger charge is -2.06. The molecule has 84 valence electrons. The molecule has 0 unspecified atom stereocenters. The Bertz CT molecular complexity index is 519. The molecule has 0 aliphatic rings. The SMILES string of the molecule is CCc1c(N)nnn1-c1ccc(F)c(C)c1. The van der Waals surface area contributed by atoms with Crippen LogP contribution < -0.4 is 5.73 Å². The van der Waals surface area contributed by atoms with Crippen LogP contribution >= 0.6 is 0 Å². The first-order valence-electron chi connectivity index (χ1n) is 5.10. The van der Waals surface area contributed by atoms with Crippen molar-refractivity contribution in [3.8, 4) is 5.69 Å².